The van der Waals surface area contributed by atoms with Gasteiger partial charge in [-0.05, 0) is 65.2 Å². The number of ether oxygens (including phenoxy) is 1. The summed E-state index contributed by atoms with van der Waals surface area (Å²) in [7, 11) is 0. The molecule has 1 unspecified atom stereocenters. The summed E-state index contributed by atoms with van der Waals surface area (Å²) in [5.41, 5.74) is 4.50. The van der Waals surface area contributed by atoms with E-state index in [0.717, 1.165) is 35.5 Å². The lowest BCUT2D eigenvalue weighted by Gasteiger charge is -2.31. The Balaban J connectivity index is 1.76. The van der Waals surface area contributed by atoms with Crippen LogP contribution in [0.5, 0.6) is 0 Å². The van der Waals surface area contributed by atoms with Crippen LogP contribution in [0.1, 0.15) is 60.5 Å². The highest BCUT2D eigenvalue weighted by atomic mass is 16.5. The van der Waals surface area contributed by atoms with E-state index in [1.54, 1.807) is 11.8 Å². The van der Waals surface area contributed by atoms with Gasteiger partial charge in [-0.1, -0.05) is 18.2 Å². The van der Waals surface area contributed by atoms with Crippen molar-refractivity contribution >= 4 is 17.6 Å². The number of hydrogen-bond acceptors (Lipinski definition) is 3. The third-order valence-corrected chi connectivity index (χ3v) is 5.23. The molecule has 1 amide bonds. The van der Waals surface area contributed by atoms with Gasteiger partial charge in [-0.2, -0.15) is 0 Å². The van der Waals surface area contributed by atoms with Gasteiger partial charge in [0.05, 0.1) is 5.56 Å². The van der Waals surface area contributed by atoms with Crippen molar-refractivity contribution in [3.8, 4) is 0 Å². The van der Waals surface area contributed by atoms with E-state index in [1.807, 2.05) is 44.2 Å². The molecule has 27 heavy (non-hydrogen) atoms. The van der Waals surface area contributed by atoms with Crippen molar-refractivity contribution in [1.82, 2.24) is 4.57 Å². The SMILES string of the molecule is Cc1cc(C(=O)OC(C)C(=O)N2CCCc3ccccc32)c(C)n1C(C)C. The molecule has 5 heteroatoms. The fourth-order valence-electron chi connectivity index (χ4n) is 4.03. The number of para-hydroxylation sites is 1. The Morgan fingerprint density at radius 1 is 1.11 bits per heavy atom. The number of fused-ring (bicyclic) bond motifs is 1. The lowest BCUT2D eigenvalue weighted by atomic mass is 10.0. The second-order valence-electron chi connectivity index (χ2n) is 7.52. The number of benzene rings is 1. The van der Waals surface area contributed by atoms with Crippen LogP contribution < -0.4 is 4.90 Å². The minimum absolute atomic E-state index is 0.173. The number of carbonyl (C=O) groups is 2. The molecule has 1 atom stereocenters. The molecule has 0 spiro atoms. The molecule has 2 aromatic rings. The molecule has 0 radical (unpaired) electrons. The maximum Gasteiger partial charge on any atom is 0.340 e. The van der Waals surface area contributed by atoms with Gasteiger partial charge in [0.2, 0.25) is 0 Å². The van der Waals surface area contributed by atoms with E-state index < -0.39 is 12.1 Å². The van der Waals surface area contributed by atoms with E-state index in [9.17, 15) is 9.59 Å². The predicted octanol–water partition coefficient (Wildman–Crippen LogP) is 4.21. The summed E-state index contributed by atoms with van der Waals surface area (Å²) >= 11 is 0. The molecule has 144 valence electrons. The minimum Gasteiger partial charge on any atom is -0.449 e. The molecule has 5 nitrogen and oxygen atoms in total. The van der Waals surface area contributed by atoms with Crippen molar-refractivity contribution in [2.45, 2.75) is 59.6 Å². The van der Waals surface area contributed by atoms with E-state index in [4.69, 9.17) is 4.74 Å². The van der Waals surface area contributed by atoms with Gasteiger partial charge in [-0.25, -0.2) is 4.79 Å². The zero-order chi connectivity index (χ0) is 19.7. The van der Waals surface area contributed by atoms with Crippen LogP contribution in [-0.4, -0.2) is 29.1 Å². The van der Waals surface area contributed by atoms with Crippen LogP contribution in [0.25, 0.3) is 0 Å². The number of amides is 1. The number of rotatable bonds is 4. The van der Waals surface area contributed by atoms with E-state index in [0.29, 0.717) is 12.1 Å². The Labute approximate surface area is 160 Å². The molecular weight excluding hydrogens is 340 g/mol. The zero-order valence-corrected chi connectivity index (χ0v) is 16.8. The predicted molar refractivity (Wildman–Crippen MR) is 106 cm³/mol. The van der Waals surface area contributed by atoms with E-state index in [-0.39, 0.29) is 11.9 Å². The molecule has 1 aromatic carbocycles. The lowest BCUT2D eigenvalue weighted by molar-refractivity contribution is -0.126. The Morgan fingerprint density at radius 2 is 1.81 bits per heavy atom. The monoisotopic (exact) mass is 368 g/mol. The number of carbonyl (C=O) groups excluding carboxylic acids is 2. The molecule has 2 heterocycles. The second kappa shape index (κ2) is 7.59. The molecular formula is C22H28N2O3. The van der Waals surface area contributed by atoms with Crippen molar-refractivity contribution in [1.29, 1.82) is 0 Å². The summed E-state index contributed by atoms with van der Waals surface area (Å²) in [6, 6.07) is 10.0. The third-order valence-electron chi connectivity index (χ3n) is 5.23. The first kappa shape index (κ1) is 19.2. The van der Waals surface area contributed by atoms with E-state index >= 15 is 0 Å². The molecule has 0 aliphatic carbocycles. The minimum atomic E-state index is -0.828. The molecule has 3 rings (SSSR count). The summed E-state index contributed by atoms with van der Waals surface area (Å²) in [5, 5.41) is 0. The Bertz CT molecular complexity index is 866. The van der Waals surface area contributed by atoms with Crippen molar-refractivity contribution in [2.24, 2.45) is 0 Å². The molecule has 0 N–H and O–H groups in total. The Kier molecular flexibility index (Phi) is 5.40. The average molecular weight is 368 g/mol. The van der Waals surface area contributed by atoms with E-state index in [1.165, 1.54) is 0 Å². The third kappa shape index (κ3) is 3.64. The average Bonchev–Trinajstić information content (AvgIpc) is 2.95. The van der Waals surface area contributed by atoms with Crippen LogP contribution in [0, 0.1) is 13.8 Å². The van der Waals surface area contributed by atoms with Crippen LogP contribution in [0.4, 0.5) is 5.69 Å². The zero-order valence-electron chi connectivity index (χ0n) is 16.8. The van der Waals surface area contributed by atoms with Gasteiger partial charge in [0.15, 0.2) is 6.10 Å². The number of aryl methyl sites for hydroxylation is 2. The number of hydrogen-bond donors (Lipinski definition) is 0. The maximum absolute atomic E-state index is 12.9. The van der Waals surface area contributed by atoms with Gasteiger partial charge in [-0.15, -0.1) is 0 Å². The molecule has 0 bridgehead atoms. The van der Waals surface area contributed by atoms with Gasteiger partial charge in [0.25, 0.3) is 5.91 Å². The number of anilines is 1. The molecule has 1 aliphatic heterocycles. The summed E-state index contributed by atoms with van der Waals surface area (Å²) in [4.78, 5) is 27.4. The summed E-state index contributed by atoms with van der Waals surface area (Å²) in [5.74, 6) is -0.616. The first-order valence-electron chi connectivity index (χ1n) is 9.60. The fourth-order valence-corrected chi connectivity index (χ4v) is 4.03. The van der Waals surface area contributed by atoms with Gasteiger partial charge >= 0.3 is 5.97 Å². The van der Waals surface area contributed by atoms with Gasteiger partial charge in [-0.3, -0.25) is 4.79 Å². The standard InChI is InChI=1S/C22H28N2O3/c1-14(2)24-15(3)13-19(16(24)4)22(26)27-17(5)21(25)23-12-8-10-18-9-6-7-11-20(18)23/h6-7,9,11,13-14,17H,8,10,12H2,1-5H3. The van der Waals surface area contributed by atoms with Crippen LogP contribution in [0.2, 0.25) is 0 Å². The van der Waals surface area contributed by atoms with Crippen molar-refractivity contribution in [2.75, 3.05) is 11.4 Å². The van der Waals surface area contributed by atoms with Gasteiger partial charge < -0.3 is 14.2 Å². The quantitative estimate of drug-likeness (QED) is 0.760. The highest BCUT2D eigenvalue weighted by Gasteiger charge is 2.29. The van der Waals surface area contributed by atoms with Crippen LogP contribution in [0.15, 0.2) is 30.3 Å². The van der Waals surface area contributed by atoms with Crippen molar-refractivity contribution in [3.05, 3.63) is 52.8 Å². The van der Waals surface area contributed by atoms with Crippen molar-refractivity contribution in [3.63, 3.8) is 0 Å². The fraction of sp³-hybridized carbons (Fsp3) is 0.455. The molecule has 0 saturated heterocycles. The Hall–Kier alpha value is -2.56. The number of nitrogens with zero attached hydrogens (tertiary/aromatic N) is 2. The topological polar surface area (TPSA) is 51.5 Å². The highest BCUT2D eigenvalue weighted by Crippen LogP contribution is 2.28. The van der Waals surface area contributed by atoms with Crippen LogP contribution in [0.3, 0.4) is 0 Å². The van der Waals surface area contributed by atoms with E-state index in [2.05, 4.69) is 18.4 Å². The molecule has 1 aromatic heterocycles. The number of aromatic nitrogens is 1. The first-order valence-corrected chi connectivity index (χ1v) is 9.60. The largest absolute Gasteiger partial charge is 0.449 e. The highest BCUT2D eigenvalue weighted by molar-refractivity contribution is 6.00. The summed E-state index contributed by atoms with van der Waals surface area (Å²) in [6.45, 7) is 10.3. The molecule has 1 aliphatic rings. The first-order chi connectivity index (χ1) is 12.8. The van der Waals surface area contributed by atoms with Crippen LogP contribution in [-0.2, 0) is 16.0 Å². The summed E-state index contributed by atoms with van der Waals surface area (Å²) in [6.07, 6.45) is 1.06. The van der Waals surface area contributed by atoms with Gasteiger partial charge in [0, 0.05) is 29.7 Å². The second-order valence-corrected chi connectivity index (χ2v) is 7.52. The smallest absolute Gasteiger partial charge is 0.340 e. The Morgan fingerprint density at radius 3 is 2.48 bits per heavy atom. The van der Waals surface area contributed by atoms with Gasteiger partial charge in [0.1, 0.15) is 0 Å². The number of esters is 1. The molecule has 0 saturated carbocycles. The molecule has 0 fully saturated rings. The maximum atomic E-state index is 12.9. The van der Waals surface area contributed by atoms with Crippen molar-refractivity contribution < 1.29 is 14.3 Å². The normalized spacial score (nSPS) is 14.8. The van der Waals surface area contributed by atoms with Crippen LogP contribution >= 0.6 is 0 Å². The summed E-state index contributed by atoms with van der Waals surface area (Å²) < 4.78 is 7.65. The lowest BCUT2D eigenvalue weighted by Crippen LogP contribution is -2.42.